The van der Waals surface area contributed by atoms with E-state index in [2.05, 4.69) is 16.3 Å². The fourth-order valence-corrected chi connectivity index (χ4v) is 3.58. The van der Waals surface area contributed by atoms with Crippen molar-refractivity contribution in [1.82, 2.24) is 10.2 Å². The molecule has 3 N–H and O–H groups in total. The number of aromatic nitrogens is 2. The Morgan fingerprint density at radius 3 is 2.52 bits per heavy atom. The number of nitriles is 1. The molecule has 0 saturated carbocycles. The minimum Gasteiger partial charge on any atom is -0.493 e. The normalized spacial score (nSPS) is 14.9. The summed E-state index contributed by atoms with van der Waals surface area (Å²) >= 11 is 0. The highest BCUT2D eigenvalue weighted by Crippen LogP contribution is 2.46. The Morgan fingerprint density at radius 1 is 1.19 bits per heavy atom. The first-order chi connectivity index (χ1) is 15.0. The predicted octanol–water partition coefficient (Wildman–Crippen LogP) is 3.22. The van der Waals surface area contributed by atoms with Crippen LogP contribution in [0, 0.1) is 21.4 Å². The molecule has 1 aliphatic heterocycles. The molecule has 0 bridgehead atoms. The number of nitrogens with one attached hydrogen (secondary N) is 1. The molecule has 4 rings (SSSR count). The number of rotatable bonds is 5. The number of ether oxygens (including phenoxy) is 3. The molecule has 2 aromatic carbocycles. The van der Waals surface area contributed by atoms with Crippen LogP contribution in [0.3, 0.4) is 0 Å². The van der Waals surface area contributed by atoms with Crippen LogP contribution in [0.2, 0.25) is 0 Å². The molecule has 0 fully saturated rings. The molecule has 0 unspecified atom stereocenters. The van der Waals surface area contributed by atoms with Crippen LogP contribution >= 0.6 is 0 Å². The number of allylic oxidation sites excluding steroid dienone is 1. The lowest BCUT2D eigenvalue weighted by Crippen LogP contribution is -2.21. The van der Waals surface area contributed by atoms with Crippen LogP contribution in [-0.4, -0.2) is 29.3 Å². The Balaban J connectivity index is 1.89. The number of methoxy groups -OCH3 is 2. The summed E-state index contributed by atoms with van der Waals surface area (Å²) in [6.45, 7) is 0. The van der Waals surface area contributed by atoms with Gasteiger partial charge in [-0.1, -0.05) is 12.1 Å². The molecule has 0 aliphatic carbocycles. The van der Waals surface area contributed by atoms with Crippen LogP contribution in [0.15, 0.2) is 53.9 Å². The number of fused-ring (bicyclic) bond motifs is 1. The van der Waals surface area contributed by atoms with E-state index < -0.39 is 10.8 Å². The minimum atomic E-state index is -0.628. The number of hydrogen-bond acceptors (Lipinski definition) is 8. The topological polar surface area (TPSA) is 149 Å². The molecule has 10 nitrogen and oxygen atoms in total. The van der Waals surface area contributed by atoms with E-state index >= 15 is 0 Å². The van der Waals surface area contributed by atoms with E-state index in [9.17, 15) is 15.4 Å². The number of aromatic amines is 1. The van der Waals surface area contributed by atoms with Gasteiger partial charge >= 0.3 is 0 Å². The van der Waals surface area contributed by atoms with Gasteiger partial charge in [-0.25, -0.2) is 0 Å². The van der Waals surface area contributed by atoms with Crippen molar-refractivity contribution in [2.45, 2.75) is 5.92 Å². The second-order valence-corrected chi connectivity index (χ2v) is 6.66. The lowest BCUT2D eigenvalue weighted by Gasteiger charge is -2.24. The van der Waals surface area contributed by atoms with Crippen molar-refractivity contribution in [3.8, 4) is 34.7 Å². The quantitative estimate of drug-likeness (QED) is 0.473. The Hall–Kier alpha value is -4.52. The lowest BCUT2D eigenvalue weighted by molar-refractivity contribution is -0.384. The summed E-state index contributed by atoms with van der Waals surface area (Å²) in [4.78, 5) is 10.6. The van der Waals surface area contributed by atoms with Gasteiger partial charge in [-0.3, -0.25) is 15.2 Å². The largest absolute Gasteiger partial charge is 0.493 e. The Labute approximate surface area is 176 Å². The van der Waals surface area contributed by atoms with E-state index in [4.69, 9.17) is 19.9 Å². The first kappa shape index (κ1) is 19.8. The third-order valence-electron chi connectivity index (χ3n) is 5.05. The van der Waals surface area contributed by atoms with Crippen LogP contribution in [0.25, 0.3) is 11.3 Å². The summed E-state index contributed by atoms with van der Waals surface area (Å²) in [6, 6.07) is 13.4. The zero-order chi connectivity index (χ0) is 22.1. The van der Waals surface area contributed by atoms with Crippen molar-refractivity contribution in [2.24, 2.45) is 5.73 Å². The van der Waals surface area contributed by atoms with Crippen molar-refractivity contribution in [3.05, 3.63) is 75.2 Å². The van der Waals surface area contributed by atoms with Crippen LogP contribution in [0.4, 0.5) is 5.69 Å². The van der Waals surface area contributed by atoms with Gasteiger partial charge in [0.05, 0.1) is 36.3 Å². The van der Waals surface area contributed by atoms with Crippen LogP contribution in [0.1, 0.15) is 17.0 Å². The van der Waals surface area contributed by atoms with Gasteiger partial charge in [0.1, 0.15) is 11.6 Å². The van der Waals surface area contributed by atoms with Gasteiger partial charge in [-0.2, -0.15) is 5.26 Å². The number of nitro groups is 1. The molecule has 1 aliphatic rings. The van der Waals surface area contributed by atoms with Gasteiger partial charge in [0, 0.05) is 17.7 Å². The molecule has 1 atom stereocenters. The monoisotopic (exact) mass is 419 g/mol. The van der Waals surface area contributed by atoms with E-state index in [0.29, 0.717) is 28.3 Å². The highest BCUT2D eigenvalue weighted by atomic mass is 16.6. The molecule has 3 aromatic rings. The van der Waals surface area contributed by atoms with E-state index in [1.807, 2.05) is 6.07 Å². The zero-order valence-corrected chi connectivity index (χ0v) is 16.6. The Bertz CT molecular complexity index is 1240. The predicted molar refractivity (Wildman–Crippen MR) is 110 cm³/mol. The lowest BCUT2D eigenvalue weighted by atomic mass is 9.83. The Morgan fingerprint density at radius 2 is 1.90 bits per heavy atom. The van der Waals surface area contributed by atoms with Crippen molar-refractivity contribution in [3.63, 3.8) is 0 Å². The van der Waals surface area contributed by atoms with E-state index in [-0.39, 0.29) is 23.0 Å². The number of benzene rings is 2. The highest BCUT2D eigenvalue weighted by molar-refractivity contribution is 5.73. The molecule has 31 heavy (non-hydrogen) atoms. The second-order valence-electron chi connectivity index (χ2n) is 6.66. The Kier molecular flexibility index (Phi) is 4.92. The summed E-state index contributed by atoms with van der Waals surface area (Å²) in [7, 11) is 3.07. The van der Waals surface area contributed by atoms with Gasteiger partial charge in [-0.05, 0) is 23.8 Å². The summed E-state index contributed by atoms with van der Waals surface area (Å²) < 4.78 is 16.3. The number of nitro benzene ring substituents is 1. The van der Waals surface area contributed by atoms with Gasteiger partial charge < -0.3 is 19.9 Å². The molecule has 0 amide bonds. The second kappa shape index (κ2) is 7.72. The van der Waals surface area contributed by atoms with Crippen molar-refractivity contribution in [1.29, 1.82) is 5.26 Å². The number of nitrogens with two attached hydrogens (primary N) is 1. The molecule has 1 aromatic heterocycles. The van der Waals surface area contributed by atoms with Gasteiger partial charge in [0.15, 0.2) is 11.5 Å². The number of H-pyrrole nitrogens is 1. The molecule has 156 valence electrons. The molecule has 0 spiro atoms. The molecule has 0 radical (unpaired) electrons. The maximum atomic E-state index is 11.0. The van der Waals surface area contributed by atoms with E-state index in [1.165, 1.54) is 19.2 Å². The maximum absolute atomic E-state index is 11.0. The summed E-state index contributed by atoms with van der Waals surface area (Å²) in [5, 5.41) is 28.0. The summed E-state index contributed by atoms with van der Waals surface area (Å²) in [5.74, 6) is 0.608. The smallest absolute Gasteiger partial charge is 0.269 e. The minimum absolute atomic E-state index is 0.0567. The first-order valence-corrected chi connectivity index (χ1v) is 9.11. The van der Waals surface area contributed by atoms with E-state index in [0.717, 1.165) is 5.56 Å². The molecular formula is C21H17N5O5. The standard InChI is InChI=1S/C21H17N5O5/c1-29-15-8-5-12(9-16(15)30-2)19-18-17(11-3-6-13(7-4-11)26(27)28)14(10-22)20(23)31-21(18)25-24-19/h3-9,17H,23H2,1-2H3,(H,24,25)/t17-/m0/s1. The number of hydrogen-bond donors (Lipinski definition) is 2. The van der Waals surface area contributed by atoms with Gasteiger partial charge in [0.2, 0.25) is 11.8 Å². The fourth-order valence-electron chi connectivity index (χ4n) is 3.58. The van der Waals surface area contributed by atoms with Crippen LogP contribution in [0.5, 0.6) is 17.4 Å². The average Bonchev–Trinajstić information content (AvgIpc) is 3.20. The van der Waals surface area contributed by atoms with Gasteiger partial charge in [0.25, 0.3) is 5.69 Å². The maximum Gasteiger partial charge on any atom is 0.269 e. The van der Waals surface area contributed by atoms with Crippen molar-refractivity contribution in [2.75, 3.05) is 14.2 Å². The zero-order valence-electron chi connectivity index (χ0n) is 16.6. The SMILES string of the molecule is COc1ccc(-c2[nH]nc3c2[C@@H](c2ccc([N+](=O)[O-])cc2)C(C#N)=C(N)O3)cc1OC. The fraction of sp³-hybridized carbons (Fsp3) is 0.143. The molecule has 0 saturated heterocycles. The van der Waals surface area contributed by atoms with Crippen molar-refractivity contribution < 1.29 is 19.1 Å². The summed E-state index contributed by atoms with van der Waals surface area (Å²) in [6.07, 6.45) is 0. The molecule has 2 heterocycles. The van der Waals surface area contributed by atoms with Crippen LogP contribution in [-0.2, 0) is 0 Å². The summed E-state index contributed by atoms with van der Waals surface area (Å²) in [5.41, 5.74) is 8.65. The number of non-ortho nitro benzene ring substituents is 1. The number of nitrogens with zero attached hydrogens (tertiary/aromatic N) is 3. The third kappa shape index (κ3) is 3.28. The van der Waals surface area contributed by atoms with Gasteiger partial charge in [-0.15, -0.1) is 5.10 Å². The first-order valence-electron chi connectivity index (χ1n) is 9.11. The van der Waals surface area contributed by atoms with Crippen molar-refractivity contribution >= 4 is 5.69 Å². The van der Waals surface area contributed by atoms with E-state index in [1.54, 1.807) is 31.4 Å². The highest BCUT2D eigenvalue weighted by Gasteiger charge is 2.36. The molecular weight excluding hydrogens is 402 g/mol. The van der Waals surface area contributed by atoms with Crippen LogP contribution < -0.4 is 19.9 Å². The molecule has 10 heteroatoms. The average molecular weight is 419 g/mol. The third-order valence-corrected chi connectivity index (χ3v) is 5.05.